The average molecular weight is 200 g/mol. The van der Waals surface area contributed by atoms with Crippen molar-refractivity contribution in [3.63, 3.8) is 0 Å². The van der Waals surface area contributed by atoms with E-state index < -0.39 is 5.91 Å². The van der Waals surface area contributed by atoms with E-state index in [1.165, 1.54) is 0 Å². The number of primary amides is 1. The van der Waals surface area contributed by atoms with Crippen molar-refractivity contribution >= 4 is 17.5 Å². The van der Waals surface area contributed by atoms with Crippen LogP contribution < -0.4 is 10.5 Å². The van der Waals surface area contributed by atoms with Crippen LogP contribution in [0.4, 0.5) is 0 Å². The maximum Gasteiger partial charge on any atom is 0.255 e. The Morgan fingerprint density at radius 2 is 2.00 bits per heavy atom. The lowest BCUT2D eigenvalue weighted by Crippen LogP contribution is -2.19. The van der Waals surface area contributed by atoms with E-state index >= 15 is 0 Å². The van der Waals surface area contributed by atoms with Gasteiger partial charge in [0.05, 0.1) is 0 Å². The second-order valence-electron chi connectivity index (χ2n) is 2.53. The van der Waals surface area contributed by atoms with Crippen LogP contribution in [0.3, 0.4) is 0 Å². The highest BCUT2D eigenvalue weighted by Crippen LogP contribution is 2.12. The quantitative estimate of drug-likeness (QED) is 0.743. The summed E-state index contributed by atoms with van der Waals surface area (Å²) in [6, 6.07) is 7.17. The predicted molar refractivity (Wildman–Crippen MR) is 50.7 cm³/mol. The molecule has 0 aliphatic rings. The summed E-state index contributed by atoms with van der Waals surface area (Å²) in [5.41, 5.74) is 5.92. The number of nitrogens with two attached hydrogens (primary N) is 1. The number of halogens is 1. The fraction of sp³-hybridized carbons (Fsp3) is 0.222. The third-order valence-corrected chi connectivity index (χ3v) is 1.77. The van der Waals surface area contributed by atoms with Crippen LogP contribution in [0.15, 0.2) is 24.3 Å². The molecule has 0 fully saturated rings. The first-order chi connectivity index (χ1) is 6.22. The third-order valence-electron chi connectivity index (χ3n) is 1.46. The van der Waals surface area contributed by atoms with Gasteiger partial charge in [0.1, 0.15) is 5.75 Å². The van der Waals surface area contributed by atoms with E-state index in [4.69, 9.17) is 22.1 Å². The summed E-state index contributed by atoms with van der Waals surface area (Å²) < 4.78 is 5.05. The highest BCUT2D eigenvalue weighted by molar-refractivity contribution is 6.17. The van der Waals surface area contributed by atoms with Crippen LogP contribution in [0.25, 0.3) is 0 Å². The molecule has 1 rings (SSSR count). The minimum absolute atomic E-state index is 0.0970. The van der Waals surface area contributed by atoms with Gasteiger partial charge in [-0.1, -0.05) is 12.1 Å². The molecular weight excluding hydrogens is 190 g/mol. The van der Waals surface area contributed by atoms with Gasteiger partial charge in [-0.25, -0.2) is 0 Å². The second kappa shape index (κ2) is 4.72. The number of hydrogen-bond donors (Lipinski definition) is 1. The summed E-state index contributed by atoms with van der Waals surface area (Å²) in [4.78, 5) is 10.4. The molecule has 2 N–H and O–H groups in total. The van der Waals surface area contributed by atoms with Gasteiger partial charge in [0.15, 0.2) is 6.61 Å². The van der Waals surface area contributed by atoms with Gasteiger partial charge in [-0.3, -0.25) is 4.79 Å². The van der Waals surface area contributed by atoms with Crippen molar-refractivity contribution in [2.45, 2.75) is 5.88 Å². The molecule has 4 heteroatoms. The van der Waals surface area contributed by atoms with Crippen molar-refractivity contribution in [3.05, 3.63) is 29.8 Å². The molecule has 13 heavy (non-hydrogen) atoms. The fourth-order valence-corrected chi connectivity index (χ4v) is 1.01. The minimum Gasteiger partial charge on any atom is -0.484 e. The maximum absolute atomic E-state index is 10.4. The van der Waals surface area contributed by atoms with E-state index in [0.29, 0.717) is 11.6 Å². The van der Waals surface area contributed by atoms with Crippen molar-refractivity contribution < 1.29 is 9.53 Å². The zero-order valence-corrected chi connectivity index (χ0v) is 7.75. The largest absolute Gasteiger partial charge is 0.484 e. The zero-order chi connectivity index (χ0) is 9.68. The van der Waals surface area contributed by atoms with Crippen LogP contribution in [-0.4, -0.2) is 12.5 Å². The van der Waals surface area contributed by atoms with Crippen molar-refractivity contribution in [3.8, 4) is 5.75 Å². The zero-order valence-electron chi connectivity index (χ0n) is 7.00. The second-order valence-corrected chi connectivity index (χ2v) is 2.80. The molecule has 0 heterocycles. The molecule has 0 saturated carbocycles. The van der Waals surface area contributed by atoms with Crippen molar-refractivity contribution in [1.82, 2.24) is 0 Å². The van der Waals surface area contributed by atoms with Gasteiger partial charge in [-0.15, -0.1) is 11.6 Å². The van der Waals surface area contributed by atoms with Crippen LogP contribution >= 0.6 is 11.6 Å². The third kappa shape index (κ3) is 3.34. The van der Waals surface area contributed by atoms with E-state index in [0.717, 1.165) is 5.56 Å². The lowest BCUT2D eigenvalue weighted by atomic mass is 10.2. The normalized spacial score (nSPS) is 9.62. The summed E-state index contributed by atoms with van der Waals surface area (Å²) in [5.74, 6) is 0.602. The van der Waals surface area contributed by atoms with Crippen LogP contribution in [0.5, 0.6) is 5.75 Å². The van der Waals surface area contributed by atoms with Crippen molar-refractivity contribution in [1.29, 1.82) is 0 Å². The Labute approximate surface area is 81.4 Å². The van der Waals surface area contributed by atoms with Gasteiger partial charge in [-0.2, -0.15) is 0 Å². The SMILES string of the molecule is NC(=O)COc1ccc(CCl)cc1. The lowest BCUT2D eigenvalue weighted by Gasteiger charge is -2.03. The standard InChI is InChI=1S/C9H10ClNO2/c10-5-7-1-3-8(4-2-7)13-6-9(11)12/h1-4H,5-6H2,(H2,11,12). The molecule has 0 radical (unpaired) electrons. The van der Waals surface area contributed by atoms with Gasteiger partial charge in [0, 0.05) is 5.88 Å². The number of rotatable bonds is 4. The average Bonchev–Trinajstić information content (AvgIpc) is 2.15. The van der Waals surface area contributed by atoms with E-state index in [1.807, 2.05) is 12.1 Å². The number of hydrogen-bond acceptors (Lipinski definition) is 2. The van der Waals surface area contributed by atoms with Crippen LogP contribution in [0, 0.1) is 0 Å². The minimum atomic E-state index is -0.485. The molecule has 3 nitrogen and oxygen atoms in total. The highest BCUT2D eigenvalue weighted by Gasteiger charge is 1.96. The van der Waals surface area contributed by atoms with Gasteiger partial charge in [0.25, 0.3) is 5.91 Å². The number of carbonyl (C=O) groups excluding carboxylic acids is 1. The molecule has 70 valence electrons. The maximum atomic E-state index is 10.4. The molecule has 1 aromatic carbocycles. The molecule has 1 amide bonds. The molecule has 0 aromatic heterocycles. The fourth-order valence-electron chi connectivity index (χ4n) is 0.829. The van der Waals surface area contributed by atoms with Crippen molar-refractivity contribution in [2.75, 3.05) is 6.61 Å². The summed E-state index contributed by atoms with van der Waals surface area (Å²) in [7, 11) is 0. The molecule has 0 saturated heterocycles. The van der Waals surface area contributed by atoms with E-state index in [-0.39, 0.29) is 6.61 Å². The first-order valence-corrected chi connectivity index (χ1v) is 4.32. The molecule has 0 bridgehead atoms. The Bertz CT molecular complexity index is 284. The molecule has 1 aromatic rings. The first-order valence-electron chi connectivity index (χ1n) is 3.78. The van der Waals surface area contributed by atoms with Crippen LogP contribution in [0.1, 0.15) is 5.56 Å². The Morgan fingerprint density at radius 1 is 1.38 bits per heavy atom. The molecular formula is C9H10ClNO2. The Morgan fingerprint density at radius 3 is 2.46 bits per heavy atom. The molecule has 0 aliphatic carbocycles. The van der Waals surface area contributed by atoms with E-state index in [1.54, 1.807) is 12.1 Å². The monoisotopic (exact) mass is 199 g/mol. The number of amides is 1. The smallest absolute Gasteiger partial charge is 0.255 e. The van der Waals surface area contributed by atoms with Crippen LogP contribution in [-0.2, 0) is 10.7 Å². The van der Waals surface area contributed by atoms with Gasteiger partial charge in [0.2, 0.25) is 0 Å². The number of carbonyl (C=O) groups is 1. The van der Waals surface area contributed by atoms with Gasteiger partial charge in [-0.05, 0) is 17.7 Å². The summed E-state index contributed by atoms with van der Waals surface area (Å²) in [5, 5.41) is 0. The topological polar surface area (TPSA) is 52.3 Å². The summed E-state index contributed by atoms with van der Waals surface area (Å²) >= 11 is 5.59. The van der Waals surface area contributed by atoms with Crippen LogP contribution in [0.2, 0.25) is 0 Å². The Balaban J connectivity index is 2.54. The highest BCUT2D eigenvalue weighted by atomic mass is 35.5. The lowest BCUT2D eigenvalue weighted by molar-refractivity contribution is -0.119. The number of alkyl halides is 1. The van der Waals surface area contributed by atoms with Crippen molar-refractivity contribution in [2.24, 2.45) is 5.73 Å². The number of benzene rings is 1. The Hall–Kier alpha value is -1.22. The molecule has 0 unspecified atom stereocenters. The summed E-state index contributed by atoms with van der Waals surface area (Å²) in [6.07, 6.45) is 0. The molecule has 0 spiro atoms. The van der Waals surface area contributed by atoms with Gasteiger partial charge >= 0.3 is 0 Å². The summed E-state index contributed by atoms with van der Waals surface area (Å²) in [6.45, 7) is -0.0970. The van der Waals surface area contributed by atoms with Gasteiger partial charge < -0.3 is 10.5 Å². The molecule has 0 aliphatic heterocycles. The first kappa shape index (κ1) is 9.86. The Kier molecular flexibility index (Phi) is 3.58. The van der Waals surface area contributed by atoms with E-state index in [2.05, 4.69) is 0 Å². The van der Waals surface area contributed by atoms with E-state index in [9.17, 15) is 4.79 Å². The number of ether oxygens (including phenoxy) is 1. The molecule has 0 atom stereocenters. The predicted octanol–water partition coefficient (Wildman–Crippen LogP) is 1.29.